The molecule has 0 unspecified atom stereocenters. The minimum absolute atomic E-state index is 0.00515. The number of hydrogen-bond acceptors (Lipinski definition) is 4. The third-order valence-electron chi connectivity index (χ3n) is 5.85. The van der Waals surface area contributed by atoms with Crippen LogP contribution in [0.3, 0.4) is 0 Å². The zero-order chi connectivity index (χ0) is 20.2. The summed E-state index contributed by atoms with van der Waals surface area (Å²) < 4.78 is 19.4. The molecular formula is C23H27FN2O3. The monoisotopic (exact) mass is 398 g/mol. The van der Waals surface area contributed by atoms with Crippen LogP contribution in [0.25, 0.3) is 0 Å². The zero-order valence-corrected chi connectivity index (χ0v) is 16.4. The highest BCUT2D eigenvalue weighted by Gasteiger charge is 2.37. The molecule has 0 aliphatic carbocycles. The van der Waals surface area contributed by atoms with Gasteiger partial charge in [-0.15, -0.1) is 0 Å². The van der Waals surface area contributed by atoms with Crippen molar-refractivity contribution in [3.8, 4) is 0 Å². The highest BCUT2D eigenvalue weighted by Crippen LogP contribution is 2.36. The summed E-state index contributed by atoms with van der Waals surface area (Å²) in [6.45, 7) is 1.69. The Labute approximate surface area is 170 Å². The number of fused-ring (bicyclic) bond motifs is 1. The fraction of sp³-hybridized carbons (Fsp3) is 0.435. The molecule has 1 saturated heterocycles. The van der Waals surface area contributed by atoms with Crippen molar-refractivity contribution in [1.82, 2.24) is 10.2 Å². The van der Waals surface area contributed by atoms with E-state index in [1.807, 2.05) is 17.0 Å². The number of amides is 1. The van der Waals surface area contributed by atoms with Crippen molar-refractivity contribution in [2.75, 3.05) is 26.3 Å². The van der Waals surface area contributed by atoms with Crippen molar-refractivity contribution < 1.29 is 19.0 Å². The average molecular weight is 398 g/mol. The third kappa shape index (κ3) is 4.34. The maximum atomic E-state index is 13.5. The molecule has 0 aromatic heterocycles. The van der Waals surface area contributed by atoms with Crippen LogP contribution in [0.15, 0.2) is 48.5 Å². The van der Waals surface area contributed by atoms with Gasteiger partial charge in [-0.05, 0) is 48.1 Å². The predicted octanol–water partition coefficient (Wildman–Crippen LogP) is 2.43. The molecule has 0 bridgehead atoms. The number of benzene rings is 2. The molecule has 6 heteroatoms. The number of aliphatic hydroxyl groups is 1. The molecule has 154 valence electrons. The third-order valence-corrected chi connectivity index (χ3v) is 5.85. The summed E-state index contributed by atoms with van der Waals surface area (Å²) in [5.41, 5.74) is 3.23. The summed E-state index contributed by atoms with van der Waals surface area (Å²) in [6, 6.07) is 14.5. The van der Waals surface area contributed by atoms with E-state index >= 15 is 0 Å². The largest absolute Gasteiger partial charge is 0.395 e. The number of carbonyl (C=O) groups excluding carboxylic acids is 1. The number of nitrogens with zero attached hydrogens (tertiary/aromatic N) is 1. The molecule has 4 rings (SSSR count). The quantitative estimate of drug-likeness (QED) is 0.812. The maximum absolute atomic E-state index is 13.5. The summed E-state index contributed by atoms with van der Waals surface area (Å²) in [5, 5.41) is 12.2. The summed E-state index contributed by atoms with van der Waals surface area (Å²) in [7, 11) is 0. The summed E-state index contributed by atoms with van der Waals surface area (Å²) in [4.78, 5) is 15.3. The van der Waals surface area contributed by atoms with Gasteiger partial charge in [-0.2, -0.15) is 0 Å². The van der Waals surface area contributed by atoms with Gasteiger partial charge in [0.2, 0.25) is 0 Å². The molecule has 2 aliphatic heterocycles. The average Bonchev–Trinajstić information content (AvgIpc) is 2.77. The molecule has 0 saturated carbocycles. The number of ether oxygens (including phenoxy) is 1. The van der Waals surface area contributed by atoms with E-state index in [9.17, 15) is 9.18 Å². The van der Waals surface area contributed by atoms with Gasteiger partial charge in [0, 0.05) is 19.1 Å². The molecule has 1 fully saturated rings. The Morgan fingerprint density at radius 3 is 2.69 bits per heavy atom. The Kier molecular flexibility index (Phi) is 6.23. The van der Waals surface area contributed by atoms with Gasteiger partial charge in [0.25, 0.3) is 5.91 Å². The number of carbonyl (C=O) groups is 1. The lowest BCUT2D eigenvalue weighted by atomic mass is 9.87. The van der Waals surface area contributed by atoms with Crippen LogP contribution in [0.2, 0.25) is 0 Å². The molecule has 2 aliphatic rings. The Balaban J connectivity index is 1.55. The van der Waals surface area contributed by atoms with Gasteiger partial charge >= 0.3 is 0 Å². The van der Waals surface area contributed by atoms with E-state index in [0.717, 1.165) is 24.0 Å². The van der Waals surface area contributed by atoms with Crippen LogP contribution in [0.1, 0.15) is 35.6 Å². The molecule has 2 aromatic carbocycles. The fourth-order valence-corrected chi connectivity index (χ4v) is 4.37. The van der Waals surface area contributed by atoms with Gasteiger partial charge in [0.15, 0.2) is 0 Å². The molecular weight excluding hydrogens is 371 g/mol. The Hall–Kier alpha value is -2.28. The smallest absolute Gasteiger partial charge is 0.252 e. The number of halogens is 1. The van der Waals surface area contributed by atoms with E-state index < -0.39 is 6.10 Å². The van der Waals surface area contributed by atoms with Crippen LogP contribution in [-0.2, 0) is 16.0 Å². The number of hydrogen-bond donors (Lipinski definition) is 2. The molecule has 2 N–H and O–H groups in total. The summed E-state index contributed by atoms with van der Waals surface area (Å²) in [6.07, 6.45) is 1.82. The van der Waals surface area contributed by atoms with E-state index in [0.29, 0.717) is 26.1 Å². The molecule has 3 atom stereocenters. The van der Waals surface area contributed by atoms with Crippen molar-refractivity contribution in [2.24, 2.45) is 0 Å². The summed E-state index contributed by atoms with van der Waals surface area (Å²) in [5.74, 6) is -0.290. The first kappa shape index (κ1) is 20.0. The molecule has 5 nitrogen and oxygen atoms in total. The predicted molar refractivity (Wildman–Crippen MR) is 108 cm³/mol. The standard InChI is InChI=1S/C23H27FN2O3/c24-18-7-5-17(6-8-18)22-20-4-2-1-3-16(20)11-13-26(22)23(28)21-10-9-19(15-29-21)25-12-14-27/h1-8,19,21-22,25,27H,9-15H2/t19-,21+,22-/m0/s1. The Morgan fingerprint density at radius 1 is 1.17 bits per heavy atom. The zero-order valence-electron chi connectivity index (χ0n) is 16.4. The number of aliphatic hydroxyl groups excluding tert-OH is 1. The second kappa shape index (κ2) is 9.03. The molecule has 2 heterocycles. The van der Waals surface area contributed by atoms with Crippen molar-refractivity contribution in [1.29, 1.82) is 0 Å². The van der Waals surface area contributed by atoms with Gasteiger partial charge in [0.05, 0.1) is 19.3 Å². The molecule has 0 radical (unpaired) electrons. The Morgan fingerprint density at radius 2 is 1.97 bits per heavy atom. The first-order chi connectivity index (χ1) is 14.2. The maximum Gasteiger partial charge on any atom is 0.252 e. The number of rotatable bonds is 5. The lowest BCUT2D eigenvalue weighted by Crippen LogP contribution is -2.50. The van der Waals surface area contributed by atoms with Crippen LogP contribution >= 0.6 is 0 Å². The normalized spacial score (nSPS) is 24.2. The lowest BCUT2D eigenvalue weighted by molar-refractivity contribution is -0.149. The van der Waals surface area contributed by atoms with E-state index in [4.69, 9.17) is 9.84 Å². The SMILES string of the molecule is O=C([C@H]1CC[C@H](NCCO)CO1)N1CCc2ccccc2[C@@H]1c1ccc(F)cc1. The van der Waals surface area contributed by atoms with Crippen LogP contribution in [0.5, 0.6) is 0 Å². The molecule has 2 aromatic rings. The second-order valence-corrected chi connectivity index (χ2v) is 7.71. The second-order valence-electron chi connectivity index (χ2n) is 7.71. The minimum atomic E-state index is -0.463. The first-order valence-electron chi connectivity index (χ1n) is 10.3. The summed E-state index contributed by atoms with van der Waals surface area (Å²) >= 11 is 0. The van der Waals surface area contributed by atoms with E-state index in [1.165, 1.54) is 17.7 Å². The van der Waals surface area contributed by atoms with Crippen LogP contribution < -0.4 is 5.32 Å². The highest BCUT2D eigenvalue weighted by molar-refractivity contribution is 5.82. The molecule has 0 spiro atoms. The topological polar surface area (TPSA) is 61.8 Å². The van der Waals surface area contributed by atoms with E-state index in [2.05, 4.69) is 17.4 Å². The van der Waals surface area contributed by atoms with Crippen molar-refractivity contribution in [3.05, 3.63) is 71.0 Å². The fourth-order valence-electron chi connectivity index (χ4n) is 4.37. The van der Waals surface area contributed by atoms with Crippen molar-refractivity contribution >= 4 is 5.91 Å². The minimum Gasteiger partial charge on any atom is -0.395 e. The first-order valence-corrected chi connectivity index (χ1v) is 10.3. The van der Waals surface area contributed by atoms with Gasteiger partial charge in [0.1, 0.15) is 11.9 Å². The highest BCUT2D eigenvalue weighted by atomic mass is 19.1. The van der Waals surface area contributed by atoms with Gasteiger partial charge in [-0.1, -0.05) is 36.4 Å². The van der Waals surface area contributed by atoms with Crippen LogP contribution in [-0.4, -0.2) is 54.4 Å². The van der Waals surface area contributed by atoms with E-state index in [1.54, 1.807) is 12.1 Å². The van der Waals surface area contributed by atoms with E-state index in [-0.39, 0.29) is 30.4 Å². The van der Waals surface area contributed by atoms with Crippen molar-refractivity contribution in [2.45, 2.75) is 37.5 Å². The van der Waals surface area contributed by atoms with Gasteiger partial charge in [-0.3, -0.25) is 4.79 Å². The van der Waals surface area contributed by atoms with Crippen LogP contribution in [0, 0.1) is 5.82 Å². The van der Waals surface area contributed by atoms with Gasteiger partial charge in [-0.25, -0.2) is 4.39 Å². The lowest BCUT2D eigenvalue weighted by Gasteiger charge is -2.40. The van der Waals surface area contributed by atoms with Crippen LogP contribution in [0.4, 0.5) is 4.39 Å². The molecule has 29 heavy (non-hydrogen) atoms. The van der Waals surface area contributed by atoms with Gasteiger partial charge < -0.3 is 20.1 Å². The Bertz CT molecular complexity index is 834. The number of nitrogens with one attached hydrogen (secondary N) is 1. The molecule has 1 amide bonds. The van der Waals surface area contributed by atoms with Crippen molar-refractivity contribution in [3.63, 3.8) is 0 Å².